The monoisotopic (exact) mass is 373 g/mol. The average Bonchev–Trinajstić information content (AvgIpc) is 2.50. The van der Waals surface area contributed by atoms with Gasteiger partial charge in [-0.05, 0) is 42.3 Å². The van der Waals surface area contributed by atoms with E-state index >= 15 is 0 Å². The van der Waals surface area contributed by atoms with E-state index < -0.39 is 10.0 Å². The van der Waals surface area contributed by atoms with Gasteiger partial charge in [0.25, 0.3) is 0 Å². The summed E-state index contributed by atoms with van der Waals surface area (Å²) < 4.78 is 32.3. The molecule has 0 saturated heterocycles. The summed E-state index contributed by atoms with van der Waals surface area (Å²) in [6, 6.07) is 11.7. The highest BCUT2D eigenvalue weighted by Gasteiger charge is 2.17. The van der Waals surface area contributed by atoms with Gasteiger partial charge in [0.15, 0.2) is 0 Å². The summed E-state index contributed by atoms with van der Waals surface area (Å²) >= 11 is 11.7. The minimum Gasteiger partial charge on any atom is -0.497 e. The molecule has 1 N–H and O–H groups in total. The average molecular weight is 374 g/mol. The summed E-state index contributed by atoms with van der Waals surface area (Å²) in [7, 11) is -1.93. The maximum atomic E-state index is 12.3. The maximum absolute atomic E-state index is 12.3. The van der Waals surface area contributed by atoms with E-state index in [1.165, 1.54) is 0 Å². The van der Waals surface area contributed by atoms with Crippen molar-refractivity contribution in [3.05, 3.63) is 63.6 Å². The molecule has 0 aromatic heterocycles. The van der Waals surface area contributed by atoms with E-state index in [0.717, 1.165) is 11.3 Å². The van der Waals surface area contributed by atoms with Crippen LogP contribution in [0.1, 0.15) is 24.1 Å². The number of rotatable bonds is 6. The Labute approximate surface area is 146 Å². The van der Waals surface area contributed by atoms with E-state index in [-0.39, 0.29) is 11.8 Å². The number of sulfonamides is 1. The van der Waals surface area contributed by atoms with Crippen LogP contribution in [0.4, 0.5) is 0 Å². The van der Waals surface area contributed by atoms with Crippen molar-refractivity contribution in [3.8, 4) is 5.75 Å². The van der Waals surface area contributed by atoms with Crippen LogP contribution in [-0.4, -0.2) is 15.5 Å². The second kappa shape index (κ2) is 7.53. The molecule has 1 atom stereocenters. The molecule has 0 amide bonds. The van der Waals surface area contributed by atoms with E-state index in [9.17, 15) is 8.42 Å². The van der Waals surface area contributed by atoms with Crippen molar-refractivity contribution in [1.82, 2.24) is 4.72 Å². The SMILES string of the molecule is COc1ccc([C@@H](C)NS(=O)(=O)Cc2ccc(Cl)c(Cl)c2)cc1. The Morgan fingerprint density at radius 3 is 2.30 bits per heavy atom. The van der Waals surface area contributed by atoms with Crippen LogP contribution in [0.3, 0.4) is 0 Å². The van der Waals surface area contributed by atoms with Gasteiger partial charge in [-0.25, -0.2) is 13.1 Å². The molecule has 2 rings (SSSR count). The Morgan fingerprint density at radius 1 is 1.09 bits per heavy atom. The van der Waals surface area contributed by atoms with Crippen LogP contribution in [0, 0.1) is 0 Å². The fourth-order valence-electron chi connectivity index (χ4n) is 2.12. The molecule has 0 heterocycles. The van der Waals surface area contributed by atoms with E-state index in [1.807, 2.05) is 12.1 Å². The topological polar surface area (TPSA) is 55.4 Å². The van der Waals surface area contributed by atoms with E-state index in [1.54, 1.807) is 44.4 Å². The van der Waals surface area contributed by atoms with E-state index in [0.29, 0.717) is 15.6 Å². The summed E-state index contributed by atoms with van der Waals surface area (Å²) in [4.78, 5) is 0. The molecule has 0 spiro atoms. The van der Waals surface area contributed by atoms with Crippen LogP contribution in [0.15, 0.2) is 42.5 Å². The third kappa shape index (κ3) is 5.11. The Kier molecular flexibility index (Phi) is 5.92. The third-order valence-corrected chi connectivity index (χ3v) is 5.48. The molecule has 0 unspecified atom stereocenters. The zero-order chi connectivity index (χ0) is 17.0. The van der Waals surface area contributed by atoms with Crippen LogP contribution in [-0.2, 0) is 15.8 Å². The first kappa shape index (κ1) is 18.1. The zero-order valence-corrected chi connectivity index (χ0v) is 15.0. The highest BCUT2D eigenvalue weighted by Crippen LogP contribution is 2.24. The van der Waals surface area contributed by atoms with Gasteiger partial charge in [-0.3, -0.25) is 0 Å². The Bertz CT molecular complexity index is 776. The molecule has 0 saturated carbocycles. The van der Waals surface area contributed by atoms with Gasteiger partial charge in [-0.1, -0.05) is 41.4 Å². The van der Waals surface area contributed by atoms with Gasteiger partial charge in [0.05, 0.1) is 22.9 Å². The summed E-state index contributed by atoms with van der Waals surface area (Å²) in [5.74, 6) is 0.560. The fourth-order valence-corrected chi connectivity index (χ4v) is 3.82. The summed E-state index contributed by atoms with van der Waals surface area (Å²) in [5.41, 5.74) is 1.43. The van der Waals surface area contributed by atoms with Crippen LogP contribution >= 0.6 is 23.2 Å². The van der Waals surface area contributed by atoms with Crippen molar-refractivity contribution in [2.75, 3.05) is 7.11 Å². The fraction of sp³-hybridized carbons (Fsp3) is 0.250. The van der Waals surface area contributed by atoms with E-state index in [4.69, 9.17) is 27.9 Å². The quantitative estimate of drug-likeness (QED) is 0.825. The molecule has 0 aliphatic carbocycles. The number of methoxy groups -OCH3 is 1. The maximum Gasteiger partial charge on any atom is 0.216 e. The minimum absolute atomic E-state index is 0.162. The lowest BCUT2D eigenvalue weighted by Gasteiger charge is -2.15. The lowest BCUT2D eigenvalue weighted by Crippen LogP contribution is -2.28. The van der Waals surface area contributed by atoms with Crippen LogP contribution in [0.2, 0.25) is 10.0 Å². The van der Waals surface area contributed by atoms with Crippen molar-refractivity contribution >= 4 is 33.2 Å². The van der Waals surface area contributed by atoms with Gasteiger partial charge < -0.3 is 4.74 Å². The highest BCUT2D eigenvalue weighted by atomic mass is 35.5. The predicted molar refractivity (Wildman–Crippen MR) is 93.6 cm³/mol. The first-order valence-electron chi connectivity index (χ1n) is 6.88. The molecule has 7 heteroatoms. The Hall–Kier alpha value is -1.27. The summed E-state index contributed by atoms with van der Waals surface area (Å²) in [6.45, 7) is 1.79. The molecule has 0 bridgehead atoms. The lowest BCUT2D eigenvalue weighted by molar-refractivity contribution is 0.414. The van der Waals surface area contributed by atoms with Crippen LogP contribution < -0.4 is 9.46 Å². The number of hydrogen-bond donors (Lipinski definition) is 1. The van der Waals surface area contributed by atoms with Crippen LogP contribution in [0.25, 0.3) is 0 Å². The number of hydrogen-bond acceptors (Lipinski definition) is 3. The molecule has 0 fully saturated rings. The molecule has 0 radical (unpaired) electrons. The number of nitrogens with one attached hydrogen (secondary N) is 1. The standard InChI is InChI=1S/C16H17Cl2NO3S/c1-11(13-4-6-14(22-2)7-5-13)19-23(20,21)10-12-3-8-15(17)16(18)9-12/h3-9,11,19H,10H2,1-2H3/t11-/m1/s1. The molecular formula is C16H17Cl2NO3S. The van der Waals surface area contributed by atoms with Crippen molar-refractivity contribution in [1.29, 1.82) is 0 Å². The first-order chi connectivity index (χ1) is 10.8. The van der Waals surface area contributed by atoms with Crippen LogP contribution in [0.5, 0.6) is 5.75 Å². The molecule has 124 valence electrons. The normalized spacial score (nSPS) is 12.9. The summed E-state index contributed by atoms with van der Waals surface area (Å²) in [6.07, 6.45) is 0. The third-order valence-electron chi connectivity index (χ3n) is 3.31. The van der Waals surface area contributed by atoms with Crippen molar-refractivity contribution < 1.29 is 13.2 Å². The first-order valence-corrected chi connectivity index (χ1v) is 9.29. The van der Waals surface area contributed by atoms with Gasteiger partial charge in [0, 0.05) is 6.04 Å². The summed E-state index contributed by atoms with van der Waals surface area (Å²) in [5, 5.41) is 0.731. The molecule has 2 aromatic rings. The van der Waals surface area contributed by atoms with Gasteiger partial charge in [-0.15, -0.1) is 0 Å². The van der Waals surface area contributed by atoms with E-state index in [2.05, 4.69) is 4.72 Å². The Morgan fingerprint density at radius 2 is 1.74 bits per heavy atom. The Balaban J connectivity index is 2.08. The lowest BCUT2D eigenvalue weighted by atomic mass is 10.1. The van der Waals surface area contributed by atoms with Gasteiger partial charge in [0.2, 0.25) is 10.0 Å². The largest absolute Gasteiger partial charge is 0.497 e. The zero-order valence-electron chi connectivity index (χ0n) is 12.7. The predicted octanol–water partition coefficient (Wildman–Crippen LogP) is 4.18. The highest BCUT2D eigenvalue weighted by molar-refractivity contribution is 7.88. The van der Waals surface area contributed by atoms with Crippen molar-refractivity contribution in [3.63, 3.8) is 0 Å². The van der Waals surface area contributed by atoms with Crippen molar-refractivity contribution in [2.24, 2.45) is 0 Å². The molecular weight excluding hydrogens is 357 g/mol. The van der Waals surface area contributed by atoms with Gasteiger partial charge >= 0.3 is 0 Å². The van der Waals surface area contributed by atoms with Gasteiger partial charge in [0.1, 0.15) is 5.75 Å². The smallest absolute Gasteiger partial charge is 0.216 e. The number of halogens is 2. The second-order valence-corrected chi connectivity index (χ2v) is 7.69. The number of benzene rings is 2. The number of ether oxygens (including phenoxy) is 1. The van der Waals surface area contributed by atoms with Gasteiger partial charge in [-0.2, -0.15) is 0 Å². The molecule has 4 nitrogen and oxygen atoms in total. The molecule has 0 aliphatic heterocycles. The molecule has 2 aromatic carbocycles. The second-order valence-electron chi connectivity index (χ2n) is 5.12. The minimum atomic E-state index is -3.51. The molecule has 0 aliphatic rings. The molecule has 23 heavy (non-hydrogen) atoms. The van der Waals surface area contributed by atoms with Crippen molar-refractivity contribution in [2.45, 2.75) is 18.7 Å².